The third kappa shape index (κ3) is 1.38. The van der Waals surface area contributed by atoms with E-state index in [-0.39, 0.29) is 0 Å². The number of hydrogen-bond acceptors (Lipinski definition) is 2. The van der Waals surface area contributed by atoms with Crippen LogP contribution in [-0.2, 0) is 0 Å². The summed E-state index contributed by atoms with van der Waals surface area (Å²) in [6.45, 7) is 2.09. The topological polar surface area (TPSA) is 28.7 Å². The van der Waals surface area contributed by atoms with Crippen molar-refractivity contribution >= 4 is 38.7 Å². The molecule has 0 bridgehead atoms. The summed E-state index contributed by atoms with van der Waals surface area (Å²) in [7, 11) is 0. The molecule has 0 fully saturated rings. The molecule has 0 saturated heterocycles. The van der Waals surface area contributed by atoms with E-state index in [1.807, 2.05) is 12.4 Å². The molecule has 2 aromatic heterocycles. The Morgan fingerprint density at radius 1 is 1.54 bits per heavy atom. The van der Waals surface area contributed by atoms with E-state index in [1.165, 1.54) is 15.8 Å². The average molecular weight is 257 g/mol. The molecule has 2 rings (SSSR count). The summed E-state index contributed by atoms with van der Waals surface area (Å²) in [6.07, 6.45) is 5.90. The number of aromatic amines is 1. The van der Waals surface area contributed by atoms with E-state index >= 15 is 0 Å². The van der Waals surface area contributed by atoms with Gasteiger partial charge in [-0.15, -0.1) is 11.8 Å². The Balaban J connectivity index is 2.88. The normalized spacial score (nSPS) is 11.0. The van der Waals surface area contributed by atoms with Crippen LogP contribution in [0, 0.1) is 6.92 Å². The van der Waals surface area contributed by atoms with Gasteiger partial charge in [-0.25, -0.2) is 4.98 Å². The van der Waals surface area contributed by atoms with Crippen molar-refractivity contribution in [2.45, 2.75) is 11.8 Å². The SMILES string of the molecule is CSc1c(Br)cnc2[nH]cc(C)c12. The molecule has 0 atom stereocenters. The fourth-order valence-electron chi connectivity index (χ4n) is 1.39. The van der Waals surface area contributed by atoms with Gasteiger partial charge in [0.2, 0.25) is 0 Å². The van der Waals surface area contributed by atoms with Crippen LogP contribution in [0.1, 0.15) is 5.56 Å². The minimum absolute atomic E-state index is 0.963. The minimum atomic E-state index is 0.963. The monoisotopic (exact) mass is 256 g/mol. The van der Waals surface area contributed by atoms with E-state index in [0.717, 1.165) is 10.1 Å². The average Bonchev–Trinajstić information content (AvgIpc) is 2.49. The molecule has 2 nitrogen and oxygen atoms in total. The molecule has 0 saturated carbocycles. The predicted molar refractivity (Wildman–Crippen MR) is 60.3 cm³/mol. The van der Waals surface area contributed by atoms with E-state index in [2.05, 4.69) is 39.1 Å². The largest absolute Gasteiger partial charge is 0.346 e. The van der Waals surface area contributed by atoms with Gasteiger partial charge in [0.05, 0.1) is 4.47 Å². The second-order valence-corrected chi connectivity index (χ2v) is 4.51. The molecule has 2 aromatic rings. The van der Waals surface area contributed by atoms with Crippen molar-refractivity contribution in [2.24, 2.45) is 0 Å². The number of aromatic nitrogens is 2. The van der Waals surface area contributed by atoms with E-state index in [4.69, 9.17) is 0 Å². The van der Waals surface area contributed by atoms with Gasteiger partial charge >= 0.3 is 0 Å². The van der Waals surface area contributed by atoms with Crippen molar-refractivity contribution in [2.75, 3.05) is 6.26 Å². The molecule has 0 aromatic carbocycles. The number of rotatable bonds is 1. The lowest BCUT2D eigenvalue weighted by atomic mass is 10.2. The Hall–Kier alpha value is -0.480. The first kappa shape index (κ1) is 9.09. The van der Waals surface area contributed by atoms with Crippen LogP contribution in [0.2, 0.25) is 0 Å². The minimum Gasteiger partial charge on any atom is -0.346 e. The van der Waals surface area contributed by atoms with E-state index in [9.17, 15) is 0 Å². The van der Waals surface area contributed by atoms with Crippen LogP contribution in [0.5, 0.6) is 0 Å². The zero-order valence-electron chi connectivity index (χ0n) is 7.39. The van der Waals surface area contributed by atoms with Gasteiger partial charge in [-0.1, -0.05) is 0 Å². The number of fused-ring (bicyclic) bond motifs is 1. The lowest BCUT2D eigenvalue weighted by molar-refractivity contribution is 1.28. The van der Waals surface area contributed by atoms with Gasteiger partial charge in [0.25, 0.3) is 0 Å². The van der Waals surface area contributed by atoms with Crippen molar-refractivity contribution < 1.29 is 0 Å². The van der Waals surface area contributed by atoms with Crippen LogP contribution in [0.15, 0.2) is 21.8 Å². The molecule has 13 heavy (non-hydrogen) atoms. The van der Waals surface area contributed by atoms with Crippen molar-refractivity contribution in [3.63, 3.8) is 0 Å². The highest BCUT2D eigenvalue weighted by molar-refractivity contribution is 9.10. The summed E-state index contributed by atoms with van der Waals surface area (Å²) < 4.78 is 1.07. The molecular formula is C9H9BrN2S. The molecular weight excluding hydrogens is 248 g/mol. The fraction of sp³-hybridized carbons (Fsp3) is 0.222. The van der Waals surface area contributed by atoms with E-state index in [0.29, 0.717) is 0 Å². The van der Waals surface area contributed by atoms with Gasteiger partial charge in [0.15, 0.2) is 0 Å². The van der Waals surface area contributed by atoms with Gasteiger partial charge in [-0.05, 0) is 34.7 Å². The maximum atomic E-state index is 4.29. The van der Waals surface area contributed by atoms with Gasteiger partial charge in [-0.2, -0.15) is 0 Å². The number of nitrogens with zero attached hydrogens (tertiary/aromatic N) is 1. The number of H-pyrrole nitrogens is 1. The van der Waals surface area contributed by atoms with Crippen molar-refractivity contribution in [3.8, 4) is 0 Å². The van der Waals surface area contributed by atoms with Crippen molar-refractivity contribution in [1.29, 1.82) is 0 Å². The van der Waals surface area contributed by atoms with Crippen LogP contribution < -0.4 is 0 Å². The summed E-state index contributed by atoms with van der Waals surface area (Å²) in [5.74, 6) is 0. The van der Waals surface area contributed by atoms with Gasteiger partial charge in [0.1, 0.15) is 5.65 Å². The maximum absolute atomic E-state index is 4.29. The second kappa shape index (κ2) is 3.35. The zero-order valence-corrected chi connectivity index (χ0v) is 9.79. The van der Waals surface area contributed by atoms with Crippen LogP contribution in [-0.4, -0.2) is 16.2 Å². The summed E-state index contributed by atoms with van der Waals surface area (Å²) in [5, 5.41) is 1.22. The van der Waals surface area contributed by atoms with Gasteiger partial charge in [-0.3, -0.25) is 0 Å². The number of thioether (sulfide) groups is 1. The lowest BCUT2D eigenvalue weighted by Crippen LogP contribution is -1.82. The predicted octanol–water partition coefficient (Wildman–Crippen LogP) is 3.36. The summed E-state index contributed by atoms with van der Waals surface area (Å²) in [6, 6.07) is 0. The summed E-state index contributed by atoms with van der Waals surface area (Å²) in [4.78, 5) is 8.69. The molecule has 0 amide bonds. The van der Waals surface area contributed by atoms with Crippen LogP contribution >= 0.6 is 27.7 Å². The number of nitrogens with one attached hydrogen (secondary N) is 1. The van der Waals surface area contributed by atoms with Crippen LogP contribution in [0.4, 0.5) is 0 Å². The summed E-state index contributed by atoms with van der Waals surface area (Å²) >= 11 is 5.24. The van der Waals surface area contributed by atoms with Gasteiger partial charge < -0.3 is 4.98 Å². The van der Waals surface area contributed by atoms with Crippen LogP contribution in [0.25, 0.3) is 11.0 Å². The Bertz CT molecular complexity index is 450. The Kier molecular flexibility index (Phi) is 2.34. The van der Waals surface area contributed by atoms with Crippen molar-refractivity contribution in [1.82, 2.24) is 9.97 Å². The Morgan fingerprint density at radius 2 is 2.31 bits per heavy atom. The Morgan fingerprint density at radius 3 is 3.00 bits per heavy atom. The smallest absolute Gasteiger partial charge is 0.138 e. The fourth-order valence-corrected chi connectivity index (χ4v) is 2.89. The highest BCUT2D eigenvalue weighted by atomic mass is 79.9. The Labute approximate surface area is 89.3 Å². The molecule has 0 aliphatic carbocycles. The van der Waals surface area contributed by atoms with Crippen molar-refractivity contribution in [3.05, 3.63) is 22.4 Å². The third-order valence-electron chi connectivity index (χ3n) is 2.01. The van der Waals surface area contributed by atoms with E-state index < -0.39 is 0 Å². The summed E-state index contributed by atoms with van der Waals surface area (Å²) in [5.41, 5.74) is 2.21. The second-order valence-electron chi connectivity index (χ2n) is 2.83. The molecule has 0 spiro atoms. The molecule has 0 unspecified atom stereocenters. The molecule has 68 valence electrons. The maximum Gasteiger partial charge on any atom is 0.138 e. The highest BCUT2D eigenvalue weighted by Gasteiger charge is 2.09. The standard InChI is InChI=1S/C9H9BrN2S/c1-5-3-11-9-7(5)8(13-2)6(10)4-12-9/h3-4H,1-2H3,(H,11,12). The number of aryl methyl sites for hydroxylation is 1. The lowest BCUT2D eigenvalue weighted by Gasteiger charge is -2.02. The number of hydrogen-bond donors (Lipinski definition) is 1. The first-order chi connectivity index (χ1) is 6.24. The first-order valence-corrected chi connectivity index (χ1v) is 5.92. The first-order valence-electron chi connectivity index (χ1n) is 3.90. The molecule has 0 aliphatic heterocycles. The molecule has 4 heteroatoms. The number of pyridine rings is 1. The highest BCUT2D eigenvalue weighted by Crippen LogP contribution is 2.33. The van der Waals surface area contributed by atoms with Crippen LogP contribution in [0.3, 0.4) is 0 Å². The quantitative estimate of drug-likeness (QED) is 0.793. The number of halogens is 1. The molecule has 0 aliphatic rings. The molecule has 2 heterocycles. The third-order valence-corrected chi connectivity index (χ3v) is 3.71. The molecule has 1 N–H and O–H groups in total. The van der Waals surface area contributed by atoms with Gasteiger partial charge in [0, 0.05) is 22.7 Å². The van der Waals surface area contributed by atoms with E-state index in [1.54, 1.807) is 11.8 Å². The molecule has 0 radical (unpaired) electrons. The zero-order chi connectivity index (χ0) is 9.42.